The zero-order valence-electron chi connectivity index (χ0n) is 19.7. The van der Waals surface area contributed by atoms with E-state index in [2.05, 4.69) is 12.2 Å². The van der Waals surface area contributed by atoms with E-state index in [1.54, 1.807) is 0 Å². The van der Waals surface area contributed by atoms with Crippen molar-refractivity contribution in [2.24, 2.45) is 0 Å². The molecule has 0 radical (unpaired) electrons. The number of amides is 1. The second-order valence-electron chi connectivity index (χ2n) is 7.78. The van der Waals surface area contributed by atoms with Gasteiger partial charge in [0.1, 0.15) is 18.1 Å². The highest BCUT2D eigenvalue weighted by atomic mass is 32.1. The highest BCUT2D eigenvalue weighted by molar-refractivity contribution is 7.16. The highest BCUT2D eigenvalue weighted by Crippen LogP contribution is 2.43. The first-order chi connectivity index (χ1) is 16.6. The monoisotopic (exact) mass is 481 g/mol. The van der Waals surface area contributed by atoms with Gasteiger partial charge in [0.05, 0.1) is 7.11 Å². The van der Waals surface area contributed by atoms with Gasteiger partial charge in [0, 0.05) is 6.54 Å². The number of unbranched alkanes of at least 4 members (excludes halogenated alkanes) is 3. The molecule has 180 valence electrons. The van der Waals surface area contributed by atoms with Crippen LogP contribution in [0.4, 0.5) is 0 Å². The van der Waals surface area contributed by atoms with Crippen LogP contribution in [0.15, 0.2) is 60.7 Å². The normalized spacial score (nSPS) is 10.5. The lowest BCUT2D eigenvalue weighted by atomic mass is 10.2. The van der Waals surface area contributed by atoms with Crippen molar-refractivity contribution in [1.29, 1.82) is 0 Å². The van der Waals surface area contributed by atoms with Crippen LogP contribution in [-0.2, 0) is 18.0 Å². The number of esters is 1. The molecular weight excluding hydrogens is 450 g/mol. The Labute approximate surface area is 204 Å². The molecule has 0 bridgehead atoms. The summed E-state index contributed by atoms with van der Waals surface area (Å²) in [6, 6.07) is 19.2. The van der Waals surface area contributed by atoms with Crippen LogP contribution in [0.5, 0.6) is 11.5 Å². The van der Waals surface area contributed by atoms with Crippen LogP contribution in [0.2, 0.25) is 0 Å². The van der Waals surface area contributed by atoms with Crippen molar-refractivity contribution in [3.05, 3.63) is 81.5 Å². The van der Waals surface area contributed by atoms with Crippen molar-refractivity contribution >= 4 is 23.2 Å². The van der Waals surface area contributed by atoms with Crippen LogP contribution >= 0.6 is 11.3 Å². The summed E-state index contributed by atoms with van der Waals surface area (Å²) in [5.41, 5.74) is 1.87. The Hall–Kier alpha value is -3.32. The number of hydrogen-bond acceptors (Lipinski definition) is 6. The van der Waals surface area contributed by atoms with Gasteiger partial charge in [-0.1, -0.05) is 86.8 Å². The van der Waals surface area contributed by atoms with E-state index in [0.29, 0.717) is 11.4 Å². The Morgan fingerprint density at radius 1 is 0.794 bits per heavy atom. The van der Waals surface area contributed by atoms with E-state index < -0.39 is 5.97 Å². The smallest absolute Gasteiger partial charge is 0.352 e. The number of carbonyl (C=O) groups is 2. The van der Waals surface area contributed by atoms with Gasteiger partial charge in [0.25, 0.3) is 5.91 Å². The first-order valence-electron chi connectivity index (χ1n) is 11.5. The summed E-state index contributed by atoms with van der Waals surface area (Å²) >= 11 is 1.03. The topological polar surface area (TPSA) is 73.9 Å². The highest BCUT2D eigenvalue weighted by Gasteiger charge is 2.30. The molecule has 0 atom stereocenters. The Bertz CT molecular complexity index is 1050. The second-order valence-corrected chi connectivity index (χ2v) is 8.80. The SMILES string of the molecule is CCCCCCNC(=O)c1sc(C(=O)OC)c(OCc2ccccc2)c1OCc1ccccc1. The summed E-state index contributed by atoms with van der Waals surface area (Å²) in [4.78, 5) is 26.1. The predicted octanol–water partition coefficient (Wildman–Crippen LogP) is 6.00. The molecule has 0 aliphatic rings. The van der Waals surface area contributed by atoms with Gasteiger partial charge in [-0.05, 0) is 17.5 Å². The third kappa shape index (κ3) is 7.09. The number of carbonyl (C=O) groups excluding carboxylic acids is 2. The van der Waals surface area contributed by atoms with Gasteiger partial charge >= 0.3 is 5.97 Å². The maximum atomic E-state index is 13.1. The first-order valence-corrected chi connectivity index (χ1v) is 12.3. The Kier molecular flexibility index (Phi) is 9.98. The van der Waals surface area contributed by atoms with Crippen molar-refractivity contribution in [3.63, 3.8) is 0 Å². The number of benzene rings is 2. The first kappa shape index (κ1) is 25.3. The number of hydrogen-bond donors (Lipinski definition) is 1. The van der Waals surface area contributed by atoms with E-state index in [1.165, 1.54) is 7.11 Å². The molecule has 1 N–H and O–H groups in total. The predicted molar refractivity (Wildman–Crippen MR) is 134 cm³/mol. The number of methoxy groups -OCH3 is 1. The van der Waals surface area contributed by atoms with Gasteiger partial charge in [-0.25, -0.2) is 4.79 Å². The number of rotatable bonds is 13. The van der Waals surface area contributed by atoms with Gasteiger partial charge in [-0.2, -0.15) is 0 Å². The third-order valence-electron chi connectivity index (χ3n) is 5.17. The molecule has 1 heterocycles. The van der Waals surface area contributed by atoms with E-state index >= 15 is 0 Å². The Morgan fingerprint density at radius 3 is 1.88 bits per heavy atom. The summed E-state index contributed by atoms with van der Waals surface area (Å²) in [6.45, 7) is 3.16. The number of nitrogens with one attached hydrogen (secondary N) is 1. The van der Waals surface area contributed by atoms with E-state index in [4.69, 9.17) is 14.2 Å². The fourth-order valence-electron chi connectivity index (χ4n) is 3.33. The summed E-state index contributed by atoms with van der Waals surface area (Å²) in [6.07, 6.45) is 4.20. The lowest BCUT2D eigenvalue weighted by Crippen LogP contribution is -2.24. The average Bonchev–Trinajstić information content (AvgIpc) is 3.25. The van der Waals surface area contributed by atoms with E-state index in [-0.39, 0.29) is 35.5 Å². The van der Waals surface area contributed by atoms with Crippen LogP contribution in [0.25, 0.3) is 0 Å². The molecule has 0 fully saturated rings. The molecule has 3 rings (SSSR count). The van der Waals surface area contributed by atoms with Crippen molar-refractivity contribution in [2.45, 2.75) is 45.8 Å². The summed E-state index contributed by atoms with van der Waals surface area (Å²) < 4.78 is 17.1. The van der Waals surface area contributed by atoms with E-state index in [0.717, 1.165) is 48.1 Å². The van der Waals surface area contributed by atoms with Gasteiger partial charge in [0.15, 0.2) is 16.4 Å². The fraction of sp³-hybridized carbons (Fsp3) is 0.333. The second kappa shape index (κ2) is 13.4. The standard InChI is InChI=1S/C27H31NO5S/c1-3-4-5-12-17-28-26(29)24-22(32-18-20-13-8-6-9-14-20)23(25(34-24)27(30)31-2)33-19-21-15-10-7-11-16-21/h6-11,13-16H,3-5,12,17-19H2,1-2H3,(H,28,29). The van der Waals surface area contributed by atoms with Crippen LogP contribution in [0.1, 0.15) is 63.1 Å². The van der Waals surface area contributed by atoms with Crippen molar-refractivity contribution in [1.82, 2.24) is 5.32 Å². The third-order valence-corrected chi connectivity index (χ3v) is 6.30. The number of thiophene rings is 1. The minimum absolute atomic E-state index is 0.206. The molecule has 0 saturated heterocycles. The van der Waals surface area contributed by atoms with Gasteiger partial charge in [0.2, 0.25) is 0 Å². The Balaban J connectivity index is 1.88. The van der Waals surface area contributed by atoms with Crippen molar-refractivity contribution < 1.29 is 23.8 Å². The van der Waals surface area contributed by atoms with Crippen LogP contribution < -0.4 is 14.8 Å². The summed E-state index contributed by atoms with van der Waals surface area (Å²) in [7, 11) is 1.31. The van der Waals surface area contributed by atoms with Gasteiger partial charge in [-0.15, -0.1) is 11.3 Å². The fourth-order valence-corrected chi connectivity index (χ4v) is 4.36. The molecule has 1 amide bonds. The lowest BCUT2D eigenvalue weighted by Gasteiger charge is -2.12. The quantitative estimate of drug-likeness (QED) is 0.239. The Morgan fingerprint density at radius 2 is 1.35 bits per heavy atom. The summed E-state index contributed by atoms with van der Waals surface area (Å²) in [5.74, 6) is -0.368. The minimum atomic E-state index is -0.570. The van der Waals surface area contributed by atoms with Crippen LogP contribution in [-0.4, -0.2) is 25.5 Å². The molecule has 34 heavy (non-hydrogen) atoms. The van der Waals surface area contributed by atoms with Gasteiger partial charge in [-0.3, -0.25) is 4.79 Å². The average molecular weight is 482 g/mol. The van der Waals surface area contributed by atoms with Crippen molar-refractivity contribution in [3.8, 4) is 11.5 Å². The summed E-state index contributed by atoms with van der Waals surface area (Å²) in [5, 5.41) is 2.95. The molecule has 1 aromatic heterocycles. The molecular formula is C27H31NO5S. The maximum absolute atomic E-state index is 13.1. The van der Waals surface area contributed by atoms with E-state index in [9.17, 15) is 9.59 Å². The molecule has 0 aliphatic heterocycles. The molecule has 0 saturated carbocycles. The molecule has 7 heteroatoms. The van der Waals surface area contributed by atoms with Crippen LogP contribution in [0, 0.1) is 0 Å². The maximum Gasteiger partial charge on any atom is 0.352 e. The zero-order valence-corrected chi connectivity index (χ0v) is 20.5. The molecule has 0 unspecified atom stereocenters. The molecule has 0 aliphatic carbocycles. The minimum Gasteiger partial charge on any atom is -0.483 e. The van der Waals surface area contributed by atoms with E-state index in [1.807, 2.05) is 60.7 Å². The number of ether oxygens (including phenoxy) is 3. The van der Waals surface area contributed by atoms with Crippen molar-refractivity contribution in [2.75, 3.05) is 13.7 Å². The molecule has 3 aromatic rings. The molecule has 6 nitrogen and oxygen atoms in total. The molecule has 0 spiro atoms. The zero-order chi connectivity index (χ0) is 24.2. The van der Waals surface area contributed by atoms with Gasteiger partial charge < -0.3 is 19.5 Å². The molecule has 2 aromatic carbocycles. The lowest BCUT2D eigenvalue weighted by molar-refractivity contribution is 0.0600. The van der Waals surface area contributed by atoms with Crippen LogP contribution in [0.3, 0.4) is 0 Å². The largest absolute Gasteiger partial charge is 0.483 e.